The summed E-state index contributed by atoms with van der Waals surface area (Å²) in [6.45, 7) is 0. The summed E-state index contributed by atoms with van der Waals surface area (Å²) in [7, 11) is 0. The van der Waals surface area contributed by atoms with E-state index in [4.69, 9.17) is 23.2 Å². The lowest BCUT2D eigenvalue weighted by Gasteiger charge is -2.27. The van der Waals surface area contributed by atoms with Crippen molar-refractivity contribution in [3.05, 3.63) is 63.6 Å². The number of rotatable bonds is 2. The predicted octanol–water partition coefficient (Wildman–Crippen LogP) is 5.48. The molecule has 0 aliphatic heterocycles. The molecule has 0 spiro atoms. The maximum Gasteiger partial charge on any atom is 0.0823 e. The molecule has 0 saturated carbocycles. The number of hydrogen-bond donors (Lipinski definition) is 1. The van der Waals surface area contributed by atoms with Crippen molar-refractivity contribution < 1.29 is 0 Å². The second kappa shape index (κ2) is 5.44. The lowest BCUT2D eigenvalue weighted by molar-refractivity contribution is 0.600. The SMILES string of the molecule is Clc1cccc(NC2CCCc3ccccc32)c1Cl. The molecule has 1 nitrogen and oxygen atoms in total. The highest BCUT2D eigenvalue weighted by atomic mass is 35.5. The van der Waals surface area contributed by atoms with Crippen LogP contribution in [-0.4, -0.2) is 0 Å². The minimum atomic E-state index is 0.320. The number of nitrogens with one attached hydrogen (secondary N) is 1. The molecule has 0 heterocycles. The number of hydrogen-bond acceptors (Lipinski definition) is 1. The van der Waals surface area contributed by atoms with Gasteiger partial charge in [-0.15, -0.1) is 0 Å². The van der Waals surface area contributed by atoms with Gasteiger partial charge in [0.1, 0.15) is 0 Å². The van der Waals surface area contributed by atoms with Crippen LogP contribution >= 0.6 is 23.2 Å². The van der Waals surface area contributed by atoms with Crippen molar-refractivity contribution in [3.8, 4) is 0 Å². The fraction of sp³-hybridized carbons (Fsp3) is 0.250. The summed E-state index contributed by atoms with van der Waals surface area (Å²) in [5.41, 5.74) is 3.73. The second-order valence-electron chi connectivity index (χ2n) is 4.89. The van der Waals surface area contributed by atoms with E-state index in [1.54, 1.807) is 0 Å². The van der Waals surface area contributed by atoms with Crippen LogP contribution in [0.5, 0.6) is 0 Å². The summed E-state index contributed by atoms with van der Waals surface area (Å²) >= 11 is 12.3. The molecule has 0 saturated heterocycles. The molecule has 0 bridgehead atoms. The number of aryl methyl sites for hydroxylation is 1. The summed E-state index contributed by atoms with van der Waals surface area (Å²) in [6, 6.07) is 14.6. The molecule has 98 valence electrons. The fourth-order valence-corrected chi connectivity index (χ4v) is 3.06. The van der Waals surface area contributed by atoms with Crippen LogP contribution in [0.2, 0.25) is 10.0 Å². The highest BCUT2D eigenvalue weighted by Crippen LogP contribution is 2.36. The summed E-state index contributed by atoms with van der Waals surface area (Å²) in [5, 5.41) is 4.73. The van der Waals surface area contributed by atoms with Gasteiger partial charge < -0.3 is 5.32 Å². The van der Waals surface area contributed by atoms with E-state index in [0.29, 0.717) is 16.1 Å². The van der Waals surface area contributed by atoms with E-state index in [0.717, 1.165) is 18.5 Å². The Morgan fingerprint density at radius 3 is 2.74 bits per heavy atom. The molecule has 1 atom stereocenters. The predicted molar refractivity (Wildman–Crippen MR) is 82.2 cm³/mol. The molecule has 0 radical (unpaired) electrons. The van der Waals surface area contributed by atoms with E-state index >= 15 is 0 Å². The van der Waals surface area contributed by atoms with Crippen molar-refractivity contribution in [3.63, 3.8) is 0 Å². The van der Waals surface area contributed by atoms with Gasteiger partial charge in [-0.25, -0.2) is 0 Å². The maximum absolute atomic E-state index is 6.25. The molecule has 0 aromatic heterocycles. The van der Waals surface area contributed by atoms with Crippen molar-refractivity contribution in [1.82, 2.24) is 0 Å². The molecule has 1 N–H and O–H groups in total. The largest absolute Gasteiger partial charge is 0.377 e. The van der Waals surface area contributed by atoms with E-state index in [1.165, 1.54) is 17.5 Å². The Labute approximate surface area is 123 Å². The third-order valence-corrected chi connectivity index (χ3v) is 4.47. The number of fused-ring (bicyclic) bond motifs is 1. The lowest BCUT2D eigenvalue weighted by Crippen LogP contribution is -2.17. The molecule has 0 amide bonds. The second-order valence-corrected chi connectivity index (χ2v) is 5.67. The molecule has 19 heavy (non-hydrogen) atoms. The van der Waals surface area contributed by atoms with Crippen LogP contribution in [0.1, 0.15) is 30.0 Å². The third-order valence-electron chi connectivity index (χ3n) is 3.65. The number of halogens is 2. The van der Waals surface area contributed by atoms with Gasteiger partial charge in [-0.3, -0.25) is 0 Å². The van der Waals surface area contributed by atoms with Crippen molar-refractivity contribution in [2.45, 2.75) is 25.3 Å². The smallest absolute Gasteiger partial charge is 0.0823 e. The average Bonchev–Trinajstić information content (AvgIpc) is 2.44. The van der Waals surface area contributed by atoms with Crippen LogP contribution < -0.4 is 5.32 Å². The first-order valence-corrected chi connectivity index (χ1v) is 7.29. The minimum Gasteiger partial charge on any atom is -0.377 e. The number of anilines is 1. The Kier molecular flexibility index (Phi) is 3.67. The quantitative estimate of drug-likeness (QED) is 0.772. The first kappa shape index (κ1) is 12.8. The Morgan fingerprint density at radius 1 is 1.00 bits per heavy atom. The average molecular weight is 292 g/mol. The maximum atomic E-state index is 6.25. The molecule has 3 rings (SSSR count). The van der Waals surface area contributed by atoms with Gasteiger partial charge in [-0.1, -0.05) is 53.5 Å². The van der Waals surface area contributed by atoms with Crippen LogP contribution in [0.3, 0.4) is 0 Å². The van der Waals surface area contributed by atoms with Gasteiger partial charge in [-0.2, -0.15) is 0 Å². The van der Waals surface area contributed by atoms with E-state index in [9.17, 15) is 0 Å². The topological polar surface area (TPSA) is 12.0 Å². The van der Waals surface area contributed by atoms with Gasteiger partial charge in [0.05, 0.1) is 21.8 Å². The zero-order chi connectivity index (χ0) is 13.2. The van der Waals surface area contributed by atoms with Gasteiger partial charge in [0.15, 0.2) is 0 Å². The third kappa shape index (κ3) is 2.58. The Hall–Kier alpha value is -1.18. The first-order valence-electron chi connectivity index (χ1n) is 6.54. The normalized spacial score (nSPS) is 17.9. The Balaban J connectivity index is 1.91. The minimum absolute atomic E-state index is 0.320. The zero-order valence-corrected chi connectivity index (χ0v) is 12.0. The van der Waals surface area contributed by atoms with Gasteiger partial charge in [0.2, 0.25) is 0 Å². The molecule has 1 unspecified atom stereocenters. The summed E-state index contributed by atoms with van der Waals surface area (Å²) in [4.78, 5) is 0. The Bertz CT molecular complexity index is 595. The van der Waals surface area contributed by atoms with Crippen molar-refractivity contribution in [2.24, 2.45) is 0 Å². The van der Waals surface area contributed by atoms with Crippen molar-refractivity contribution in [2.75, 3.05) is 5.32 Å². The number of benzene rings is 2. The molecule has 0 fully saturated rings. The van der Waals surface area contributed by atoms with Crippen molar-refractivity contribution in [1.29, 1.82) is 0 Å². The molecular weight excluding hydrogens is 277 g/mol. The highest BCUT2D eigenvalue weighted by Gasteiger charge is 2.20. The van der Waals surface area contributed by atoms with Gasteiger partial charge in [0, 0.05) is 0 Å². The van der Waals surface area contributed by atoms with E-state index in [2.05, 4.69) is 29.6 Å². The zero-order valence-electron chi connectivity index (χ0n) is 10.5. The van der Waals surface area contributed by atoms with Crippen LogP contribution in [0.4, 0.5) is 5.69 Å². The fourth-order valence-electron chi connectivity index (χ4n) is 2.71. The molecule has 2 aromatic carbocycles. The van der Waals surface area contributed by atoms with E-state index < -0.39 is 0 Å². The van der Waals surface area contributed by atoms with E-state index in [1.807, 2.05) is 18.2 Å². The van der Waals surface area contributed by atoms with Gasteiger partial charge in [0.25, 0.3) is 0 Å². The lowest BCUT2D eigenvalue weighted by atomic mass is 9.87. The van der Waals surface area contributed by atoms with Crippen molar-refractivity contribution >= 4 is 28.9 Å². The summed E-state index contributed by atoms with van der Waals surface area (Å²) in [6.07, 6.45) is 3.49. The van der Waals surface area contributed by atoms with Gasteiger partial charge >= 0.3 is 0 Å². The van der Waals surface area contributed by atoms with Crippen LogP contribution in [0, 0.1) is 0 Å². The van der Waals surface area contributed by atoms with Crippen LogP contribution in [0.15, 0.2) is 42.5 Å². The first-order chi connectivity index (χ1) is 9.25. The molecule has 2 aromatic rings. The van der Waals surface area contributed by atoms with Gasteiger partial charge in [-0.05, 0) is 42.5 Å². The monoisotopic (exact) mass is 291 g/mol. The molecule has 1 aliphatic rings. The molecule has 3 heteroatoms. The summed E-state index contributed by atoms with van der Waals surface area (Å²) < 4.78 is 0. The molecule has 1 aliphatic carbocycles. The van der Waals surface area contributed by atoms with E-state index in [-0.39, 0.29) is 0 Å². The van der Waals surface area contributed by atoms with Crippen LogP contribution in [0.25, 0.3) is 0 Å². The standard InChI is InChI=1S/C16H15Cl2N/c17-13-8-4-10-15(16(13)18)19-14-9-3-6-11-5-1-2-7-12(11)14/h1-2,4-5,7-8,10,14,19H,3,6,9H2. The Morgan fingerprint density at radius 2 is 1.84 bits per heavy atom. The highest BCUT2D eigenvalue weighted by molar-refractivity contribution is 6.43. The molecular formula is C16H15Cl2N. The van der Waals surface area contributed by atoms with Crippen LogP contribution in [-0.2, 0) is 6.42 Å². The summed E-state index contributed by atoms with van der Waals surface area (Å²) in [5.74, 6) is 0.